The van der Waals surface area contributed by atoms with Crippen molar-refractivity contribution in [1.82, 2.24) is 9.62 Å². The van der Waals surface area contributed by atoms with Crippen molar-refractivity contribution in [2.75, 3.05) is 32.8 Å². The van der Waals surface area contributed by atoms with Crippen LogP contribution in [0.25, 0.3) is 10.8 Å². The van der Waals surface area contributed by atoms with Gasteiger partial charge in [0.25, 0.3) is 0 Å². The first-order valence-corrected chi connectivity index (χ1v) is 11.3. The summed E-state index contributed by atoms with van der Waals surface area (Å²) in [5.74, 6) is 0. The zero-order chi connectivity index (χ0) is 18.7. The maximum absolute atomic E-state index is 13.1. The summed E-state index contributed by atoms with van der Waals surface area (Å²) in [7, 11) is -3.61. The summed E-state index contributed by atoms with van der Waals surface area (Å²) in [5.41, 5.74) is 0. The molecule has 142 valence electrons. The number of sulfonamides is 1. The molecule has 0 unspecified atom stereocenters. The highest BCUT2D eigenvalue weighted by Crippen LogP contribution is 2.27. The lowest BCUT2D eigenvalue weighted by molar-refractivity contribution is 0.0179. The zero-order valence-electron chi connectivity index (χ0n) is 14.9. The van der Waals surface area contributed by atoms with Crippen molar-refractivity contribution in [3.8, 4) is 0 Å². The molecule has 0 amide bonds. The number of hydrogen-bond donors (Lipinski definition) is 1. The molecule has 5 nitrogen and oxygen atoms in total. The summed E-state index contributed by atoms with van der Waals surface area (Å²) in [6, 6.07) is 17.0. The van der Waals surface area contributed by atoms with Gasteiger partial charge in [-0.1, -0.05) is 42.5 Å². The molecule has 2 heterocycles. The van der Waals surface area contributed by atoms with E-state index in [1.165, 1.54) is 0 Å². The van der Waals surface area contributed by atoms with E-state index in [0.29, 0.717) is 24.7 Å². The normalized spacial score (nSPS) is 17.2. The van der Waals surface area contributed by atoms with Crippen molar-refractivity contribution in [3.05, 3.63) is 64.9 Å². The molecular formula is C20H22N2O3S2. The molecule has 1 aromatic heterocycles. The molecule has 1 aliphatic rings. The van der Waals surface area contributed by atoms with Crippen LogP contribution in [0.15, 0.2) is 64.9 Å². The third-order valence-electron chi connectivity index (χ3n) is 4.86. The largest absolute Gasteiger partial charge is 0.379 e. The molecule has 1 fully saturated rings. The summed E-state index contributed by atoms with van der Waals surface area (Å²) >= 11 is 1.66. The van der Waals surface area contributed by atoms with E-state index in [-0.39, 0.29) is 6.04 Å². The van der Waals surface area contributed by atoms with Gasteiger partial charge in [0.15, 0.2) is 0 Å². The van der Waals surface area contributed by atoms with Gasteiger partial charge >= 0.3 is 0 Å². The van der Waals surface area contributed by atoms with Crippen LogP contribution in [0.4, 0.5) is 0 Å². The third kappa shape index (κ3) is 4.07. The molecule has 1 aliphatic heterocycles. The van der Waals surface area contributed by atoms with Crippen molar-refractivity contribution in [2.24, 2.45) is 0 Å². The van der Waals surface area contributed by atoms with Gasteiger partial charge in [0.2, 0.25) is 10.0 Å². The first kappa shape index (κ1) is 18.6. The van der Waals surface area contributed by atoms with Gasteiger partial charge in [-0.15, -0.1) is 11.3 Å². The minimum atomic E-state index is -3.61. The molecule has 1 saturated heterocycles. The second kappa shape index (κ2) is 8.08. The Morgan fingerprint density at radius 2 is 1.81 bits per heavy atom. The van der Waals surface area contributed by atoms with Crippen molar-refractivity contribution >= 4 is 32.1 Å². The molecule has 0 radical (unpaired) electrons. The van der Waals surface area contributed by atoms with Crippen molar-refractivity contribution in [2.45, 2.75) is 10.9 Å². The molecule has 0 spiro atoms. The topological polar surface area (TPSA) is 58.6 Å². The molecule has 2 aromatic carbocycles. The van der Waals surface area contributed by atoms with E-state index >= 15 is 0 Å². The van der Waals surface area contributed by atoms with E-state index in [1.807, 2.05) is 41.8 Å². The van der Waals surface area contributed by atoms with Gasteiger partial charge in [-0.2, -0.15) is 0 Å². The second-order valence-corrected chi connectivity index (χ2v) is 9.22. The van der Waals surface area contributed by atoms with Gasteiger partial charge in [0.1, 0.15) is 0 Å². The van der Waals surface area contributed by atoms with Crippen LogP contribution >= 0.6 is 11.3 Å². The molecule has 7 heteroatoms. The van der Waals surface area contributed by atoms with Crippen LogP contribution in [0, 0.1) is 0 Å². The van der Waals surface area contributed by atoms with Crippen LogP contribution in [-0.4, -0.2) is 46.2 Å². The lowest BCUT2D eigenvalue weighted by Crippen LogP contribution is -2.43. The number of morpholine rings is 1. The van der Waals surface area contributed by atoms with Gasteiger partial charge in [-0.05, 0) is 22.9 Å². The van der Waals surface area contributed by atoms with E-state index in [2.05, 4.69) is 15.7 Å². The lowest BCUT2D eigenvalue weighted by atomic mass is 10.1. The Morgan fingerprint density at radius 1 is 1.04 bits per heavy atom. The first-order valence-electron chi connectivity index (χ1n) is 8.98. The number of benzene rings is 2. The Balaban J connectivity index is 1.59. The van der Waals surface area contributed by atoms with Gasteiger partial charge in [0.05, 0.1) is 24.2 Å². The molecule has 1 N–H and O–H groups in total. The molecule has 0 bridgehead atoms. The first-order chi connectivity index (χ1) is 13.1. The smallest absolute Gasteiger partial charge is 0.241 e. The highest BCUT2D eigenvalue weighted by atomic mass is 32.2. The Labute approximate surface area is 163 Å². The number of rotatable bonds is 6. The summed E-state index contributed by atoms with van der Waals surface area (Å²) in [6.45, 7) is 3.30. The standard InChI is InChI=1S/C20H22N2O3S2/c23-27(24,20-9-3-6-16-5-1-2-7-17(16)20)21-15-18(19-8-4-14-26-19)22-10-12-25-13-11-22/h1-9,14,18,21H,10-13,15H2/t18-/m1/s1. The van der Waals surface area contributed by atoms with E-state index in [4.69, 9.17) is 4.74 Å². The number of nitrogens with zero attached hydrogens (tertiary/aromatic N) is 1. The Kier molecular flexibility index (Phi) is 5.56. The molecule has 0 aliphatic carbocycles. The monoisotopic (exact) mass is 402 g/mol. The van der Waals surface area contributed by atoms with Gasteiger partial charge in [-0.3, -0.25) is 4.90 Å². The molecule has 4 rings (SSSR count). The van der Waals surface area contributed by atoms with Crippen LogP contribution in [0.2, 0.25) is 0 Å². The number of thiophene rings is 1. The van der Waals surface area contributed by atoms with Crippen LogP contribution in [0.3, 0.4) is 0 Å². The summed E-state index contributed by atoms with van der Waals surface area (Å²) in [5, 5.41) is 3.69. The number of ether oxygens (including phenoxy) is 1. The lowest BCUT2D eigenvalue weighted by Gasteiger charge is -2.34. The second-order valence-electron chi connectivity index (χ2n) is 6.51. The van der Waals surface area contributed by atoms with E-state index in [1.54, 1.807) is 23.5 Å². The number of hydrogen-bond acceptors (Lipinski definition) is 5. The SMILES string of the molecule is O=S(=O)(NC[C@H](c1cccs1)N1CCOCC1)c1cccc2ccccc12. The minimum Gasteiger partial charge on any atom is -0.379 e. The summed E-state index contributed by atoms with van der Waals surface area (Å²) < 4.78 is 34.4. The van der Waals surface area contributed by atoms with Crippen molar-refractivity contribution < 1.29 is 13.2 Å². The van der Waals surface area contributed by atoms with E-state index in [9.17, 15) is 8.42 Å². The fraction of sp³-hybridized carbons (Fsp3) is 0.300. The van der Waals surface area contributed by atoms with Crippen LogP contribution in [-0.2, 0) is 14.8 Å². The summed E-state index contributed by atoms with van der Waals surface area (Å²) in [4.78, 5) is 3.78. The predicted octanol–water partition coefficient (Wildman–Crippen LogP) is 3.25. The fourth-order valence-electron chi connectivity index (χ4n) is 3.48. The van der Waals surface area contributed by atoms with E-state index in [0.717, 1.165) is 28.7 Å². The van der Waals surface area contributed by atoms with E-state index < -0.39 is 10.0 Å². The maximum Gasteiger partial charge on any atom is 0.241 e. The van der Waals surface area contributed by atoms with Crippen LogP contribution in [0.1, 0.15) is 10.9 Å². The number of nitrogens with one attached hydrogen (secondary N) is 1. The van der Waals surface area contributed by atoms with Gasteiger partial charge in [0, 0.05) is 29.9 Å². The molecule has 27 heavy (non-hydrogen) atoms. The predicted molar refractivity (Wildman–Crippen MR) is 109 cm³/mol. The van der Waals surface area contributed by atoms with Crippen molar-refractivity contribution in [1.29, 1.82) is 0 Å². The Bertz CT molecular complexity index is 992. The number of fused-ring (bicyclic) bond motifs is 1. The quantitative estimate of drug-likeness (QED) is 0.688. The fourth-order valence-corrected chi connectivity index (χ4v) is 5.60. The molecular weight excluding hydrogens is 380 g/mol. The molecule has 1 atom stereocenters. The summed E-state index contributed by atoms with van der Waals surface area (Å²) in [6.07, 6.45) is 0. The molecule has 3 aromatic rings. The average Bonchev–Trinajstić information content (AvgIpc) is 3.23. The minimum absolute atomic E-state index is 0.0126. The highest BCUT2D eigenvalue weighted by Gasteiger charge is 2.26. The van der Waals surface area contributed by atoms with Gasteiger partial charge < -0.3 is 4.74 Å². The highest BCUT2D eigenvalue weighted by molar-refractivity contribution is 7.89. The van der Waals surface area contributed by atoms with Crippen LogP contribution in [0.5, 0.6) is 0 Å². The third-order valence-corrected chi connectivity index (χ3v) is 7.32. The average molecular weight is 403 g/mol. The Hall–Kier alpha value is -1.77. The van der Waals surface area contributed by atoms with Gasteiger partial charge in [-0.25, -0.2) is 13.1 Å². The molecule has 0 saturated carbocycles. The van der Waals surface area contributed by atoms with Crippen LogP contribution < -0.4 is 4.72 Å². The Morgan fingerprint density at radius 3 is 2.59 bits per heavy atom. The zero-order valence-corrected chi connectivity index (χ0v) is 16.5. The maximum atomic E-state index is 13.1. The van der Waals surface area contributed by atoms with Crippen molar-refractivity contribution in [3.63, 3.8) is 0 Å².